The number of halogens is 1. The SMILES string of the molecule is COC(=O)C(Br)=C[C@H](Cc1ccccc1)NS(=O)(=O)c1c(C)cc(OC)c(C)c1C. The van der Waals surface area contributed by atoms with E-state index >= 15 is 0 Å². The minimum absolute atomic E-state index is 0.146. The monoisotopic (exact) mass is 495 g/mol. The van der Waals surface area contributed by atoms with Crippen LogP contribution in [-0.2, 0) is 26.0 Å². The molecule has 1 N–H and O–H groups in total. The smallest absolute Gasteiger partial charge is 0.344 e. The normalized spacial score (nSPS) is 13.1. The molecule has 0 spiro atoms. The van der Waals surface area contributed by atoms with Gasteiger partial charge in [-0.1, -0.05) is 30.3 Å². The molecule has 0 fully saturated rings. The van der Waals surface area contributed by atoms with Crippen molar-refractivity contribution in [3.05, 3.63) is 69.2 Å². The number of ether oxygens (including phenoxy) is 2. The third kappa shape index (κ3) is 5.71. The quantitative estimate of drug-likeness (QED) is 0.442. The van der Waals surface area contributed by atoms with Gasteiger partial charge in [-0.25, -0.2) is 17.9 Å². The van der Waals surface area contributed by atoms with Gasteiger partial charge >= 0.3 is 5.97 Å². The maximum atomic E-state index is 13.3. The van der Waals surface area contributed by atoms with Crippen molar-refractivity contribution in [3.63, 3.8) is 0 Å². The molecule has 2 aromatic carbocycles. The zero-order valence-corrected chi connectivity index (χ0v) is 20.1. The van der Waals surface area contributed by atoms with Gasteiger partial charge in [-0.05, 0) is 77.5 Å². The highest BCUT2D eigenvalue weighted by atomic mass is 79.9. The van der Waals surface area contributed by atoms with Crippen molar-refractivity contribution in [3.8, 4) is 5.75 Å². The molecule has 0 radical (unpaired) electrons. The number of carbonyl (C=O) groups is 1. The van der Waals surface area contributed by atoms with Gasteiger partial charge in [-0.3, -0.25) is 0 Å². The molecule has 2 rings (SSSR count). The van der Waals surface area contributed by atoms with Crippen LogP contribution in [-0.4, -0.2) is 34.6 Å². The first-order chi connectivity index (χ1) is 14.1. The molecule has 0 unspecified atom stereocenters. The third-order valence-corrected chi connectivity index (χ3v) is 7.17. The Morgan fingerprint density at radius 2 is 1.77 bits per heavy atom. The van der Waals surface area contributed by atoms with Gasteiger partial charge in [0.2, 0.25) is 10.0 Å². The summed E-state index contributed by atoms with van der Waals surface area (Å²) in [6.07, 6.45) is 1.87. The second-order valence-corrected chi connectivity index (χ2v) is 9.40. The molecule has 0 bridgehead atoms. The van der Waals surface area contributed by atoms with Gasteiger partial charge in [-0.2, -0.15) is 0 Å². The molecule has 8 heteroatoms. The van der Waals surface area contributed by atoms with E-state index in [-0.39, 0.29) is 9.38 Å². The molecule has 30 heavy (non-hydrogen) atoms. The lowest BCUT2D eigenvalue weighted by molar-refractivity contribution is -0.135. The summed E-state index contributed by atoms with van der Waals surface area (Å²) in [4.78, 5) is 12.0. The average molecular weight is 496 g/mol. The summed E-state index contributed by atoms with van der Waals surface area (Å²) < 4.78 is 39.6. The summed E-state index contributed by atoms with van der Waals surface area (Å²) >= 11 is 3.18. The largest absolute Gasteiger partial charge is 0.496 e. The Hall–Kier alpha value is -2.16. The van der Waals surface area contributed by atoms with Crippen LogP contribution in [0.3, 0.4) is 0 Å². The maximum absolute atomic E-state index is 13.3. The fraction of sp³-hybridized carbons (Fsp3) is 0.318. The molecule has 6 nitrogen and oxygen atoms in total. The van der Waals surface area contributed by atoms with Crippen LogP contribution in [0.25, 0.3) is 0 Å². The predicted molar refractivity (Wildman–Crippen MR) is 120 cm³/mol. The molecule has 0 saturated carbocycles. The number of rotatable bonds is 8. The highest BCUT2D eigenvalue weighted by molar-refractivity contribution is 9.12. The fourth-order valence-corrected chi connectivity index (χ4v) is 5.44. The Labute approximate surface area is 186 Å². The topological polar surface area (TPSA) is 81.7 Å². The summed E-state index contributed by atoms with van der Waals surface area (Å²) in [5.74, 6) is 0.0537. The third-order valence-electron chi connectivity index (χ3n) is 4.80. The van der Waals surface area contributed by atoms with Crippen molar-refractivity contribution in [1.29, 1.82) is 0 Å². The predicted octanol–water partition coefficient (Wildman–Crippen LogP) is 3.96. The molecule has 0 aliphatic carbocycles. The summed E-state index contributed by atoms with van der Waals surface area (Å²) in [5, 5.41) is 0. The molecule has 0 aromatic heterocycles. The molecular formula is C22H26BrNO5S. The number of sulfonamides is 1. The lowest BCUT2D eigenvalue weighted by Gasteiger charge is -2.20. The lowest BCUT2D eigenvalue weighted by atomic mass is 10.1. The zero-order valence-electron chi connectivity index (χ0n) is 17.7. The van der Waals surface area contributed by atoms with E-state index in [9.17, 15) is 13.2 Å². The number of esters is 1. The molecule has 0 aliphatic rings. The highest BCUT2D eigenvalue weighted by Crippen LogP contribution is 2.30. The fourth-order valence-electron chi connectivity index (χ4n) is 3.25. The van der Waals surface area contributed by atoms with E-state index in [1.54, 1.807) is 27.0 Å². The van der Waals surface area contributed by atoms with Crippen LogP contribution in [0.2, 0.25) is 0 Å². The van der Waals surface area contributed by atoms with E-state index in [1.807, 2.05) is 37.3 Å². The lowest BCUT2D eigenvalue weighted by Crippen LogP contribution is -2.36. The number of benzene rings is 2. The van der Waals surface area contributed by atoms with Gasteiger partial charge < -0.3 is 9.47 Å². The van der Waals surface area contributed by atoms with Gasteiger partial charge in [0.15, 0.2) is 0 Å². The van der Waals surface area contributed by atoms with Crippen LogP contribution >= 0.6 is 15.9 Å². The Balaban J connectivity index is 2.48. The van der Waals surface area contributed by atoms with Crippen molar-refractivity contribution in [2.45, 2.75) is 38.1 Å². The minimum atomic E-state index is -3.89. The van der Waals surface area contributed by atoms with Crippen molar-refractivity contribution in [2.24, 2.45) is 0 Å². The summed E-state index contributed by atoms with van der Waals surface area (Å²) in [6, 6.07) is 10.5. The van der Waals surface area contributed by atoms with Crippen molar-refractivity contribution in [2.75, 3.05) is 14.2 Å². The summed E-state index contributed by atoms with van der Waals surface area (Å²) in [6.45, 7) is 5.31. The Bertz CT molecular complexity index is 1050. The second kappa shape index (κ2) is 10.2. The molecule has 0 saturated heterocycles. The zero-order chi connectivity index (χ0) is 22.5. The van der Waals surface area contributed by atoms with Crippen LogP contribution in [0.4, 0.5) is 0 Å². The van der Waals surface area contributed by atoms with E-state index in [0.29, 0.717) is 23.3 Å². The van der Waals surface area contributed by atoms with Gasteiger partial charge in [-0.15, -0.1) is 0 Å². The van der Waals surface area contributed by atoms with Crippen molar-refractivity contribution in [1.82, 2.24) is 4.72 Å². The summed E-state index contributed by atoms with van der Waals surface area (Å²) in [5.41, 5.74) is 2.88. The molecule has 2 aromatic rings. The first kappa shape index (κ1) is 24.1. The first-order valence-electron chi connectivity index (χ1n) is 9.27. The first-order valence-corrected chi connectivity index (χ1v) is 11.5. The summed E-state index contributed by atoms with van der Waals surface area (Å²) in [7, 11) is -1.07. The number of hydrogen-bond donors (Lipinski definition) is 1. The van der Waals surface area contributed by atoms with Gasteiger partial charge in [0.25, 0.3) is 0 Å². The van der Waals surface area contributed by atoms with Gasteiger partial charge in [0.1, 0.15) is 10.2 Å². The van der Waals surface area contributed by atoms with E-state index in [1.165, 1.54) is 13.2 Å². The average Bonchev–Trinajstić information content (AvgIpc) is 2.70. The van der Waals surface area contributed by atoms with E-state index in [0.717, 1.165) is 11.1 Å². The van der Waals surface area contributed by atoms with E-state index in [4.69, 9.17) is 9.47 Å². The highest BCUT2D eigenvalue weighted by Gasteiger charge is 2.26. The van der Waals surface area contributed by atoms with Crippen molar-refractivity contribution < 1.29 is 22.7 Å². The Morgan fingerprint density at radius 1 is 1.13 bits per heavy atom. The van der Waals surface area contributed by atoms with Crippen LogP contribution < -0.4 is 9.46 Å². The van der Waals surface area contributed by atoms with Gasteiger partial charge in [0, 0.05) is 6.04 Å². The van der Waals surface area contributed by atoms with E-state index < -0.39 is 22.0 Å². The molecule has 162 valence electrons. The van der Waals surface area contributed by atoms with Crippen LogP contribution in [0.1, 0.15) is 22.3 Å². The number of aryl methyl sites for hydroxylation is 1. The van der Waals surface area contributed by atoms with Gasteiger partial charge in [0.05, 0.1) is 19.1 Å². The number of hydrogen-bond acceptors (Lipinski definition) is 5. The van der Waals surface area contributed by atoms with E-state index in [2.05, 4.69) is 20.7 Å². The Kier molecular flexibility index (Phi) is 8.23. The molecule has 0 aliphatic heterocycles. The number of carbonyl (C=O) groups excluding carboxylic acids is 1. The maximum Gasteiger partial charge on any atom is 0.344 e. The molecule has 1 atom stereocenters. The molecule has 0 heterocycles. The van der Waals surface area contributed by atoms with Crippen LogP contribution in [0, 0.1) is 20.8 Å². The van der Waals surface area contributed by atoms with Crippen LogP contribution in [0.15, 0.2) is 51.9 Å². The molecular weight excluding hydrogens is 470 g/mol. The van der Waals surface area contributed by atoms with Crippen LogP contribution in [0.5, 0.6) is 5.75 Å². The number of methoxy groups -OCH3 is 2. The van der Waals surface area contributed by atoms with Crippen molar-refractivity contribution >= 4 is 31.9 Å². The molecule has 0 amide bonds. The standard InChI is InChI=1S/C22H26BrNO5S/c1-14-11-20(28-4)15(2)16(3)21(14)30(26,27)24-18(13-19(23)22(25)29-5)12-17-9-7-6-8-10-17/h6-11,13,18,24H,12H2,1-5H3/t18-/m0/s1. The Morgan fingerprint density at radius 3 is 2.33 bits per heavy atom. The second-order valence-electron chi connectivity index (χ2n) is 6.90. The number of nitrogens with one attached hydrogen (secondary N) is 1. The minimum Gasteiger partial charge on any atom is -0.496 e.